The van der Waals surface area contributed by atoms with Crippen molar-refractivity contribution in [3.63, 3.8) is 0 Å². The second-order valence-corrected chi connectivity index (χ2v) is 2.60. The van der Waals surface area contributed by atoms with Crippen LogP contribution < -0.4 is 5.73 Å². The van der Waals surface area contributed by atoms with Gasteiger partial charge in [0.1, 0.15) is 0 Å². The molecule has 0 radical (unpaired) electrons. The van der Waals surface area contributed by atoms with Gasteiger partial charge in [0, 0.05) is 18.0 Å². The van der Waals surface area contributed by atoms with E-state index >= 15 is 0 Å². The number of hydrogen-bond donors (Lipinski definition) is 1. The lowest BCUT2D eigenvalue weighted by molar-refractivity contribution is 0.1000. The molecule has 1 aromatic heterocycles. The summed E-state index contributed by atoms with van der Waals surface area (Å²) in [6, 6.07) is 1.73. The van der Waals surface area contributed by atoms with Crippen molar-refractivity contribution in [1.29, 1.82) is 0 Å². The molecule has 1 aliphatic rings. The number of amides is 1. The Morgan fingerprint density at radius 1 is 1.58 bits per heavy atom. The molecule has 2 rings (SSSR count). The van der Waals surface area contributed by atoms with Crippen LogP contribution in [0.25, 0.3) is 0 Å². The zero-order valence-corrected chi connectivity index (χ0v) is 6.32. The van der Waals surface area contributed by atoms with Gasteiger partial charge in [-0.15, -0.1) is 0 Å². The van der Waals surface area contributed by atoms with E-state index in [9.17, 15) is 4.79 Å². The highest BCUT2D eigenvalue weighted by molar-refractivity contribution is 5.93. The van der Waals surface area contributed by atoms with Crippen LogP contribution in [0.4, 0.5) is 0 Å². The minimum Gasteiger partial charge on any atom is -0.366 e. The van der Waals surface area contributed by atoms with Crippen molar-refractivity contribution in [3.05, 3.63) is 29.1 Å². The molecule has 0 saturated carbocycles. The number of aliphatic imine (C=N–C) groups is 1. The lowest BCUT2D eigenvalue weighted by atomic mass is 10.1. The van der Waals surface area contributed by atoms with Gasteiger partial charge in [-0.2, -0.15) is 0 Å². The Morgan fingerprint density at radius 2 is 2.42 bits per heavy atom. The van der Waals surface area contributed by atoms with Gasteiger partial charge < -0.3 is 5.73 Å². The van der Waals surface area contributed by atoms with Crippen LogP contribution in [0.15, 0.2) is 17.3 Å². The van der Waals surface area contributed by atoms with Crippen LogP contribution in [0.3, 0.4) is 0 Å². The Hall–Kier alpha value is -1.71. The summed E-state index contributed by atoms with van der Waals surface area (Å²) in [4.78, 5) is 18.8. The number of nitrogens with zero attached hydrogens (tertiary/aromatic N) is 2. The predicted octanol–water partition coefficient (Wildman–Crippen LogP) is 0.113. The molecule has 2 N–H and O–H groups in total. The smallest absolute Gasteiger partial charge is 0.250 e. The van der Waals surface area contributed by atoms with E-state index in [0.717, 1.165) is 11.3 Å². The average molecular weight is 161 g/mol. The number of fused-ring (bicyclic) bond motifs is 1. The van der Waals surface area contributed by atoms with Crippen molar-refractivity contribution in [2.24, 2.45) is 10.7 Å². The van der Waals surface area contributed by atoms with Gasteiger partial charge in [0.15, 0.2) is 0 Å². The summed E-state index contributed by atoms with van der Waals surface area (Å²) in [6.45, 7) is 0.601. The molecule has 0 unspecified atom stereocenters. The largest absolute Gasteiger partial charge is 0.366 e. The van der Waals surface area contributed by atoms with Gasteiger partial charge in [0.05, 0.1) is 17.8 Å². The number of aromatic nitrogens is 1. The van der Waals surface area contributed by atoms with Crippen LogP contribution in [0.2, 0.25) is 0 Å². The van der Waals surface area contributed by atoms with Crippen molar-refractivity contribution < 1.29 is 4.79 Å². The van der Waals surface area contributed by atoms with Crippen LogP contribution in [0, 0.1) is 0 Å². The van der Waals surface area contributed by atoms with Crippen LogP contribution in [-0.4, -0.2) is 17.1 Å². The van der Waals surface area contributed by atoms with Crippen molar-refractivity contribution in [2.75, 3.05) is 0 Å². The van der Waals surface area contributed by atoms with E-state index in [1.165, 1.54) is 6.20 Å². The Bertz CT molecular complexity index is 371. The standard InChI is InChI=1S/C8H7N3O/c9-8(12)6-1-5-2-10-4-7(5)11-3-6/h1,3-4H,2H2,(H2,9,12). The van der Waals surface area contributed by atoms with E-state index in [2.05, 4.69) is 9.98 Å². The van der Waals surface area contributed by atoms with E-state index in [0.29, 0.717) is 12.1 Å². The van der Waals surface area contributed by atoms with Gasteiger partial charge in [-0.25, -0.2) is 0 Å². The summed E-state index contributed by atoms with van der Waals surface area (Å²) in [5, 5.41) is 0. The number of primary amides is 1. The number of nitrogens with two attached hydrogens (primary N) is 1. The molecule has 60 valence electrons. The lowest BCUT2D eigenvalue weighted by Gasteiger charge is -1.97. The SMILES string of the molecule is NC(=O)c1cnc2c(c1)CN=C2. The second kappa shape index (κ2) is 2.41. The molecular weight excluding hydrogens is 154 g/mol. The molecule has 0 aromatic carbocycles. The third kappa shape index (κ3) is 0.972. The normalized spacial score (nSPS) is 13.0. The molecule has 0 atom stereocenters. The highest BCUT2D eigenvalue weighted by atomic mass is 16.1. The summed E-state index contributed by atoms with van der Waals surface area (Å²) in [7, 11) is 0. The maximum atomic E-state index is 10.7. The molecule has 0 spiro atoms. The number of carbonyl (C=O) groups is 1. The molecule has 1 aliphatic heterocycles. The van der Waals surface area contributed by atoms with E-state index in [-0.39, 0.29) is 0 Å². The Labute approximate surface area is 69.1 Å². The molecule has 4 heteroatoms. The average Bonchev–Trinajstić information content (AvgIpc) is 2.49. The molecule has 0 bridgehead atoms. The number of pyridine rings is 1. The maximum Gasteiger partial charge on any atom is 0.250 e. The van der Waals surface area contributed by atoms with Crippen molar-refractivity contribution in [1.82, 2.24) is 4.98 Å². The third-order valence-corrected chi connectivity index (χ3v) is 1.76. The number of rotatable bonds is 1. The first-order valence-corrected chi connectivity index (χ1v) is 3.56. The maximum absolute atomic E-state index is 10.7. The first kappa shape index (κ1) is 6.97. The number of hydrogen-bond acceptors (Lipinski definition) is 3. The zero-order valence-electron chi connectivity index (χ0n) is 6.32. The van der Waals surface area contributed by atoms with Gasteiger partial charge in [-0.05, 0) is 6.07 Å². The lowest BCUT2D eigenvalue weighted by Crippen LogP contribution is -2.12. The quantitative estimate of drug-likeness (QED) is 0.635. The van der Waals surface area contributed by atoms with Crippen molar-refractivity contribution >= 4 is 12.1 Å². The minimum absolute atomic E-state index is 0.444. The molecular formula is C8H7N3O. The molecule has 4 nitrogen and oxygen atoms in total. The topological polar surface area (TPSA) is 68.3 Å². The summed E-state index contributed by atoms with van der Waals surface area (Å²) in [5.74, 6) is -0.447. The molecule has 1 amide bonds. The van der Waals surface area contributed by atoms with Crippen LogP contribution in [0.1, 0.15) is 21.6 Å². The molecule has 12 heavy (non-hydrogen) atoms. The second-order valence-electron chi connectivity index (χ2n) is 2.60. The summed E-state index contributed by atoms with van der Waals surface area (Å²) in [5.41, 5.74) is 7.33. The molecule has 0 aliphatic carbocycles. The Balaban J connectivity index is 2.49. The van der Waals surface area contributed by atoms with Gasteiger partial charge in [-0.1, -0.05) is 0 Å². The fourth-order valence-corrected chi connectivity index (χ4v) is 1.13. The number of carbonyl (C=O) groups excluding carboxylic acids is 1. The van der Waals surface area contributed by atoms with Crippen LogP contribution in [0.5, 0.6) is 0 Å². The van der Waals surface area contributed by atoms with Crippen LogP contribution in [-0.2, 0) is 6.54 Å². The first-order valence-electron chi connectivity index (χ1n) is 3.56. The molecule has 1 aromatic rings. The summed E-state index contributed by atoms with van der Waals surface area (Å²) in [6.07, 6.45) is 3.17. The van der Waals surface area contributed by atoms with Gasteiger partial charge >= 0.3 is 0 Å². The molecule has 0 fully saturated rings. The zero-order chi connectivity index (χ0) is 8.55. The highest BCUT2D eigenvalue weighted by Gasteiger charge is 2.09. The molecule has 0 saturated heterocycles. The van der Waals surface area contributed by atoms with Gasteiger partial charge in [0.25, 0.3) is 0 Å². The third-order valence-electron chi connectivity index (χ3n) is 1.76. The van der Waals surface area contributed by atoms with E-state index in [1.807, 2.05) is 0 Å². The van der Waals surface area contributed by atoms with Gasteiger partial charge in [-0.3, -0.25) is 14.8 Å². The van der Waals surface area contributed by atoms with E-state index in [4.69, 9.17) is 5.73 Å². The monoisotopic (exact) mass is 161 g/mol. The Morgan fingerprint density at radius 3 is 3.17 bits per heavy atom. The van der Waals surface area contributed by atoms with Crippen molar-refractivity contribution in [2.45, 2.75) is 6.54 Å². The summed E-state index contributed by atoms with van der Waals surface area (Å²) >= 11 is 0. The van der Waals surface area contributed by atoms with Crippen molar-refractivity contribution in [3.8, 4) is 0 Å². The minimum atomic E-state index is -0.447. The highest BCUT2D eigenvalue weighted by Crippen LogP contribution is 2.12. The van der Waals surface area contributed by atoms with E-state index < -0.39 is 5.91 Å². The fourth-order valence-electron chi connectivity index (χ4n) is 1.13. The first-order chi connectivity index (χ1) is 5.77. The van der Waals surface area contributed by atoms with E-state index in [1.54, 1.807) is 12.3 Å². The molecule has 2 heterocycles. The summed E-state index contributed by atoms with van der Waals surface area (Å²) < 4.78 is 0. The van der Waals surface area contributed by atoms with Crippen LogP contribution >= 0.6 is 0 Å². The van der Waals surface area contributed by atoms with Gasteiger partial charge in [0.2, 0.25) is 5.91 Å². The Kier molecular flexibility index (Phi) is 1.40. The fraction of sp³-hybridized carbons (Fsp3) is 0.125. The predicted molar refractivity (Wildman–Crippen MR) is 44.1 cm³/mol.